The first kappa shape index (κ1) is 16.7. The second kappa shape index (κ2) is 7.14. The van der Waals surface area contributed by atoms with Gasteiger partial charge in [0.1, 0.15) is 6.33 Å². The molecule has 7 nitrogen and oxygen atoms in total. The van der Waals surface area contributed by atoms with Gasteiger partial charge in [0.15, 0.2) is 6.10 Å². The molecule has 0 aliphatic rings. The minimum Gasteiger partial charge on any atom is -0.367 e. The first-order valence-electron chi connectivity index (χ1n) is 7.70. The number of aromatic nitrogens is 3. The fourth-order valence-electron chi connectivity index (χ4n) is 2.47. The number of carbonyl (C=O) groups is 1. The van der Waals surface area contributed by atoms with Crippen LogP contribution < -0.4 is 11.0 Å². The van der Waals surface area contributed by atoms with Crippen LogP contribution in [0.4, 0.5) is 5.69 Å². The van der Waals surface area contributed by atoms with Crippen molar-refractivity contribution in [1.82, 2.24) is 14.3 Å². The Hall–Kier alpha value is -3.19. The van der Waals surface area contributed by atoms with E-state index in [0.29, 0.717) is 11.4 Å². The molecule has 0 spiro atoms. The van der Waals surface area contributed by atoms with Gasteiger partial charge in [-0.1, -0.05) is 30.3 Å². The molecule has 25 heavy (non-hydrogen) atoms. The molecular weight excluding hydrogens is 320 g/mol. The Morgan fingerprint density at radius 1 is 1.12 bits per heavy atom. The number of hydrogen-bond donors (Lipinski definition) is 1. The van der Waals surface area contributed by atoms with Crippen LogP contribution in [-0.4, -0.2) is 27.4 Å². The fraction of sp³-hybridized carbons (Fsp3) is 0.167. The highest BCUT2D eigenvalue weighted by Crippen LogP contribution is 2.19. The number of methoxy groups -OCH3 is 1. The summed E-state index contributed by atoms with van der Waals surface area (Å²) in [7, 11) is 3.13. The van der Waals surface area contributed by atoms with Gasteiger partial charge in [-0.25, -0.2) is 4.79 Å². The Bertz CT molecular complexity index is 913. The molecular formula is C18H18N4O3. The molecule has 1 heterocycles. The van der Waals surface area contributed by atoms with Crippen LogP contribution in [0.5, 0.6) is 0 Å². The third-order valence-electron chi connectivity index (χ3n) is 3.78. The van der Waals surface area contributed by atoms with Crippen molar-refractivity contribution in [3.8, 4) is 5.69 Å². The maximum absolute atomic E-state index is 12.4. The predicted molar refractivity (Wildman–Crippen MR) is 93.6 cm³/mol. The largest absolute Gasteiger partial charge is 0.367 e. The van der Waals surface area contributed by atoms with E-state index in [1.165, 1.54) is 22.7 Å². The Morgan fingerprint density at radius 2 is 1.80 bits per heavy atom. The second-order valence-electron chi connectivity index (χ2n) is 5.50. The lowest BCUT2D eigenvalue weighted by Gasteiger charge is -2.15. The number of ether oxygens (including phenoxy) is 1. The van der Waals surface area contributed by atoms with Crippen LogP contribution in [0, 0.1) is 0 Å². The summed E-state index contributed by atoms with van der Waals surface area (Å²) in [5, 5.41) is 6.83. The quantitative estimate of drug-likeness (QED) is 0.771. The van der Waals surface area contributed by atoms with Gasteiger partial charge in [-0.2, -0.15) is 9.78 Å². The van der Waals surface area contributed by atoms with E-state index in [-0.39, 0.29) is 11.6 Å². The zero-order chi connectivity index (χ0) is 17.8. The van der Waals surface area contributed by atoms with E-state index in [9.17, 15) is 9.59 Å². The van der Waals surface area contributed by atoms with Gasteiger partial charge in [-0.15, -0.1) is 0 Å². The molecule has 0 unspecified atom stereocenters. The van der Waals surface area contributed by atoms with Gasteiger partial charge in [0.05, 0.1) is 5.69 Å². The van der Waals surface area contributed by atoms with Gasteiger partial charge in [0.2, 0.25) is 0 Å². The minimum atomic E-state index is -0.695. The second-order valence-corrected chi connectivity index (χ2v) is 5.50. The number of nitrogens with zero attached hydrogens (tertiary/aromatic N) is 3. The summed E-state index contributed by atoms with van der Waals surface area (Å²) >= 11 is 0. The van der Waals surface area contributed by atoms with E-state index < -0.39 is 6.10 Å². The highest BCUT2D eigenvalue weighted by molar-refractivity contribution is 5.94. The summed E-state index contributed by atoms with van der Waals surface area (Å²) in [5.74, 6) is -0.267. The normalized spacial score (nSPS) is 11.9. The monoisotopic (exact) mass is 338 g/mol. The molecule has 1 atom stereocenters. The predicted octanol–water partition coefficient (Wildman–Crippen LogP) is 1.90. The average Bonchev–Trinajstić information content (AvgIpc) is 2.96. The fourth-order valence-corrected chi connectivity index (χ4v) is 2.47. The van der Waals surface area contributed by atoms with Crippen LogP contribution in [0.25, 0.3) is 5.69 Å². The number of anilines is 1. The maximum Gasteiger partial charge on any atom is 0.350 e. The van der Waals surface area contributed by atoms with Crippen molar-refractivity contribution in [2.24, 2.45) is 7.05 Å². The van der Waals surface area contributed by atoms with Crippen LogP contribution in [-0.2, 0) is 16.6 Å². The molecule has 0 saturated carbocycles. The molecule has 3 rings (SSSR count). The van der Waals surface area contributed by atoms with Crippen molar-refractivity contribution in [1.29, 1.82) is 0 Å². The molecule has 1 aromatic heterocycles. The van der Waals surface area contributed by atoms with Crippen molar-refractivity contribution in [2.75, 3.05) is 12.4 Å². The molecule has 3 aromatic rings. The molecule has 0 fully saturated rings. The van der Waals surface area contributed by atoms with E-state index >= 15 is 0 Å². The summed E-state index contributed by atoms with van der Waals surface area (Å²) in [4.78, 5) is 24.3. The van der Waals surface area contributed by atoms with E-state index in [1.807, 2.05) is 30.3 Å². The van der Waals surface area contributed by atoms with Gasteiger partial charge in [0.25, 0.3) is 5.91 Å². The smallest absolute Gasteiger partial charge is 0.350 e. The Balaban J connectivity index is 1.76. The summed E-state index contributed by atoms with van der Waals surface area (Å²) in [5.41, 5.74) is 1.77. The Labute approximate surface area is 144 Å². The van der Waals surface area contributed by atoms with Crippen molar-refractivity contribution < 1.29 is 9.53 Å². The lowest BCUT2D eigenvalue weighted by atomic mass is 10.1. The summed E-state index contributed by atoms with van der Waals surface area (Å²) < 4.78 is 7.98. The van der Waals surface area contributed by atoms with Gasteiger partial charge < -0.3 is 10.1 Å². The van der Waals surface area contributed by atoms with E-state index in [4.69, 9.17) is 4.74 Å². The van der Waals surface area contributed by atoms with Crippen LogP contribution >= 0.6 is 0 Å². The molecule has 0 saturated heterocycles. The van der Waals surface area contributed by atoms with E-state index in [2.05, 4.69) is 10.4 Å². The molecule has 1 amide bonds. The molecule has 0 radical (unpaired) electrons. The van der Waals surface area contributed by atoms with Gasteiger partial charge in [0, 0.05) is 19.8 Å². The zero-order valence-electron chi connectivity index (χ0n) is 13.9. The van der Waals surface area contributed by atoms with Crippen molar-refractivity contribution in [3.63, 3.8) is 0 Å². The lowest BCUT2D eigenvalue weighted by Crippen LogP contribution is -2.23. The Kier molecular flexibility index (Phi) is 4.76. The standard InChI is InChI=1S/C18H18N4O3/c1-21-12-19-22(18(21)24)15-10-8-14(9-11-15)20-17(23)16(25-2)13-6-4-3-5-7-13/h3-12,16H,1-2H3,(H,20,23)/t16-/m1/s1. The molecule has 128 valence electrons. The number of rotatable bonds is 5. The van der Waals surface area contributed by atoms with Crippen LogP contribution in [0.2, 0.25) is 0 Å². The maximum atomic E-state index is 12.4. The van der Waals surface area contributed by atoms with E-state index in [0.717, 1.165) is 5.56 Å². The SMILES string of the molecule is CO[C@@H](C(=O)Nc1ccc(-n2ncn(C)c2=O)cc1)c1ccccc1. The summed E-state index contributed by atoms with van der Waals surface area (Å²) in [6.45, 7) is 0. The van der Waals surface area contributed by atoms with E-state index in [1.54, 1.807) is 31.3 Å². The molecule has 7 heteroatoms. The third-order valence-corrected chi connectivity index (χ3v) is 3.78. The highest BCUT2D eigenvalue weighted by atomic mass is 16.5. The van der Waals surface area contributed by atoms with Crippen LogP contribution in [0.15, 0.2) is 65.7 Å². The Morgan fingerprint density at radius 3 is 2.36 bits per heavy atom. The minimum absolute atomic E-state index is 0.236. The molecule has 1 N–H and O–H groups in total. The molecule has 2 aromatic carbocycles. The van der Waals surface area contributed by atoms with Gasteiger partial charge in [-0.05, 0) is 29.8 Å². The van der Waals surface area contributed by atoms with Crippen molar-refractivity contribution >= 4 is 11.6 Å². The first-order valence-corrected chi connectivity index (χ1v) is 7.70. The number of benzene rings is 2. The number of amides is 1. The highest BCUT2D eigenvalue weighted by Gasteiger charge is 2.19. The van der Waals surface area contributed by atoms with Crippen molar-refractivity contribution in [2.45, 2.75) is 6.10 Å². The summed E-state index contributed by atoms with van der Waals surface area (Å²) in [6, 6.07) is 16.1. The molecule has 0 bridgehead atoms. The zero-order valence-corrected chi connectivity index (χ0v) is 13.9. The third kappa shape index (κ3) is 3.51. The molecule has 0 aliphatic heterocycles. The topological polar surface area (TPSA) is 78.2 Å². The van der Waals surface area contributed by atoms with Gasteiger partial charge in [-0.3, -0.25) is 9.36 Å². The number of carbonyl (C=O) groups excluding carboxylic acids is 1. The lowest BCUT2D eigenvalue weighted by molar-refractivity contribution is -0.126. The number of nitrogens with one attached hydrogen (secondary N) is 1. The summed E-state index contributed by atoms with van der Waals surface area (Å²) in [6.07, 6.45) is 0.750. The molecule has 0 aliphatic carbocycles. The average molecular weight is 338 g/mol. The van der Waals surface area contributed by atoms with Crippen LogP contribution in [0.3, 0.4) is 0 Å². The van der Waals surface area contributed by atoms with Crippen LogP contribution in [0.1, 0.15) is 11.7 Å². The number of hydrogen-bond acceptors (Lipinski definition) is 4. The van der Waals surface area contributed by atoms with Crippen molar-refractivity contribution in [3.05, 3.63) is 77.0 Å². The van der Waals surface area contributed by atoms with Gasteiger partial charge >= 0.3 is 5.69 Å². The number of aryl methyl sites for hydroxylation is 1. The first-order chi connectivity index (χ1) is 12.1.